The van der Waals surface area contributed by atoms with Crippen LogP contribution >= 0.6 is 0 Å². The fourth-order valence-corrected chi connectivity index (χ4v) is 4.89. The average molecular weight is 499 g/mol. The molecule has 0 saturated heterocycles. The number of benzene rings is 2. The molecule has 0 unspecified atom stereocenters. The summed E-state index contributed by atoms with van der Waals surface area (Å²) in [6.45, 7) is 2.51. The van der Waals surface area contributed by atoms with Crippen molar-refractivity contribution in [2.45, 2.75) is 26.6 Å². The third-order valence-corrected chi connectivity index (χ3v) is 6.57. The lowest BCUT2D eigenvalue weighted by atomic mass is 9.89. The number of fused-ring (bicyclic) bond motifs is 3. The smallest absolute Gasteiger partial charge is 0.439 e. The number of aromatic nitrogens is 4. The molecule has 0 aliphatic carbocycles. The Balaban J connectivity index is 1.48. The molecule has 0 saturated carbocycles. The number of hydrogen-bond donors (Lipinski definition) is 1. The quantitative estimate of drug-likeness (QED) is 0.376. The van der Waals surface area contributed by atoms with Gasteiger partial charge in [-0.25, -0.2) is 14.2 Å². The highest BCUT2D eigenvalue weighted by atomic mass is 19.1. The van der Waals surface area contributed by atoms with Crippen LogP contribution < -0.4 is 10.5 Å². The average Bonchev–Trinajstić information content (AvgIpc) is 3.44. The van der Waals surface area contributed by atoms with Gasteiger partial charge in [-0.3, -0.25) is 9.51 Å². The van der Waals surface area contributed by atoms with Crippen LogP contribution in [-0.4, -0.2) is 26.6 Å². The molecule has 4 heterocycles. The summed E-state index contributed by atoms with van der Waals surface area (Å²) in [5, 5.41) is 3.87. The zero-order valence-corrected chi connectivity index (χ0v) is 20.2. The summed E-state index contributed by atoms with van der Waals surface area (Å²) in [6.07, 6.45) is 2.63. The SMILES string of the molecule is COCc1nc2ccccn2c1Cc1ccc2c(c1)COc1cc(F)ccc1/C2=C(\C)c1noc(=O)[nH]1. The van der Waals surface area contributed by atoms with E-state index < -0.39 is 11.6 Å². The zero-order valence-electron chi connectivity index (χ0n) is 20.2. The first kappa shape index (κ1) is 22.9. The molecule has 6 rings (SSSR count). The van der Waals surface area contributed by atoms with Crippen molar-refractivity contribution in [2.75, 3.05) is 7.11 Å². The van der Waals surface area contributed by atoms with E-state index in [2.05, 4.69) is 26.7 Å². The van der Waals surface area contributed by atoms with Gasteiger partial charge in [0.2, 0.25) is 0 Å². The maximum Gasteiger partial charge on any atom is 0.439 e. The summed E-state index contributed by atoms with van der Waals surface area (Å²) >= 11 is 0. The van der Waals surface area contributed by atoms with E-state index in [0.717, 1.165) is 39.3 Å². The number of methoxy groups -OCH3 is 1. The number of hydrogen-bond acceptors (Lipinski definition) is 6. The number of nitrogens with one attached hydrogen (secondary N) is 1. The predicted molar refractivity (Wildman–Crippen MR) is 135 cm³/mol. The molecule has 0 fully saturated rings. The second kappa shape index (κ2) is 9.18. The van der Waals surface area contributed by atoms with Crippen LogP contribution in [-0.2, 0) is 24.4 Å². The highest BCUT2D eigenvalue weighted by molar-refractivity contribution is 5.99. The summed E-state index contributed by atoms with van der Waals surface area (Å²) in [4.78, 5) is 19.0. The number of nitrogens with zero attached hydrogens (tertiary/aromatic N) is 3. The Labute approximate surface area is 211 Å². The van der Waals surface area contributed by atoms with E-state index >= 15 is 0 Å². The lowest BCUT2D eigenvalue weighted by Gasteiger charge is -2.14. The molecule has 3 aromatic heterocycles. The third kappa shape index (κ3) is 4.13. The Bertz CT molecular complexity index is 1730. The molecule has 8 nitrogen and oxygen atoms in total. The van der Waals surface area contributed by atoms with Crippen molar-refractivity contribution >= 4 is 16.8 Å². The molecule has 0 radical (unpaired) electrons. The van der Waals surface area contributed by atoms with E-state index in [-0.39, 0.29) is 6.61 Å². The first-order chi connectivity index (χ1) is 18.0. The molecule has 1 aliphatic heterocycles. The molecule has 0 atom stereocenters. The minimum atomic E-state index is -0.644. The molecule has 1 aliphatic rings. The number of aromatic amines is 1. The topological polar surface area (TPSA) is 94.7 Å². The van der Waals surface area contributed by atoms with Crippen LogP contribution in [0.4, 0.5) is 4.39 Å². The van der Waals surface area contributed by atoms with Crippen molar-refractivity contribution in [1.29, 1.82) is 0 Å². The lowest BCUT2D eigenvalue weighted by Crippen LogP contribution is -2.03. The van der Waals surface area contributed by atoms with Crippen molar-refractivity contribution in [2.24, 2.45) is 0 Å². The number of H-pyrrole nitrogens is 1. The Morgan fingerprint density at radius 2 is 2.03 bits per heavy atom. The molecular formula is C28H23FN4O4. The second-order valence-corrected chi connectivity index (χ2v) is 8.91. The van der Waals surface area contributed by atoms with Crippen molar-refractivity contribution in [3.05, 3.63) is 117 Å². The third-order valence-electron chi connectivity index (χ3n) is 6.57. The van der Waals surface area contributed by atoms with E-state index in [1.165, 1.54) is 12.1 Å². The molecule has 2 aromatic carbocycles. The Morgan fingerprint density at radius 3 is 2.84 bits per heavy atom. The standard InChI is InChI=1S/C28H23FN4O4/c1-16(27-31-28(34)37-32-27)26-20-8-6-17(11-18(20)14-36-24-13-19(29)7-9-21(24)26)12-23-22(15-35-2)30-25-5-3-4-10-33(23)25/h3-11,13H,12,14-15H2,1-2H3,(H,31,32,34)/b26-16+. The van der Waals surface area contributed by atoms with Crippen LogP contribution in [0.15, 0.2) is 70.1 Å². The maximum atomic E-state index is 14.1. The van der Waals surface area contributed by atoms with Crippen LogP contribution in [0, 0.1) is 5.82 Å². The Kier molecular flexibility index (Phi) is 5.69. The van der Waals surface area contributed by atoms with Gasteiger partial charge in [-0.2, -0.15) is 0 Å². The highest BCUT2D eigenvalue weighted by Crippen LogP contribution is 2.41. The number of rotatable bonds is 5. The molecule has 0 spiro atoms. The summed E-state index contributed by atoms with van der Waals surface area (Å²) in [7, 11) is 1.66. The lowest BCUT2D eigenvalue weighted by molar-refractivity contribution is 0.181. The highest BCUT2D eigenvalue weighted by Gasteiger charge is 2.24. The van der Waals surface area contributed by atoms with Gasteiger partial charge in [0, 0.05) is 36.9 Å². The minimum Gasteiger partial charge on any atom is -0.488 e. The van der Waals surface area contributed by atoms with E-state index in [9.17, 15) is 9.18 Å². The molecular weight excluding hydrogens is 475 g/mol. The summed E-state index contributed by atoms with van der Waals surface area (Å²) in [6, 6.07) is 16.5. The zero-order chi connectivity index (χ0) is 25.5. The van der Waals surface area contributed by atoms with Gasteiger partial charge in [0.15, 0.2) is 5.82 Å². The van der Waals surface area contributed by atoms with Crippen molar-refractivity contribution < 1.29 is 18.4 Å². The first-order valence-corrected chi connectivity index (χ1v) is 11.8. The normalized spacial score (nSPS) is 14.1. The summed E-state index contributed by atoms with van der Waals surface area (Å²) in [5.74, 6) is -0.311. The van der Waals surface area contributed by atoms with Crippen molar-refractivity contribution in [3.63, 3.8) is 0 Å². The predicted octanol–water partition coefficient (Wildman–Crippen LogP) is 4.76. The van der Waals surface area contributed by atoms with Gasteiger partial charge in [0.1, 0.15) is 23.8 Å². The van der Waals surface area contributed by atoms with Crippen molar-refractivity contribution in [3.8, 4) is 5.75 Å². The summed E-state index contributed by atoms with van der Waals surface area (Å²) in [5.41, 5.74) is 7.87. The monoisotopic (exact) mass is 498 g/mol. The largest absolute Gasteiger partial charge is 0.488 e. The fourth-order valence-electron chi connectivity index (χ4n) is 4.89. The molecule has 186 valence electrons. The fraction of sp³-hybridized carbons (Fsp3) is 0.179. The molecule has 9 heteroatoms. The van der Waals surface area contributed by atoms with E-state index in [1.54, 1.807) is 13.2 Å². The van der Waals surface area contributed by atoms with E-state index in [4.69, 9.17) is 19.0 Å². The van der Waals surface area contributed by atoms with Crippen LogP contribution in [0.2, 0.25) is 0 Å². The molecule has 37 heavy (non-hydrogen) atoms. The van der Waals surface area contributed by atoms with Gasteiger partial charge in [0.25, 0.3) is 0 Å². The van der Waals surface area contributed by atoms with Crippen molar-refractivity contribution in [1.82, 2.24) is 19.5 Å². The van der Waals surface area contributed by atoms with E-state index in [0.29, 0.717) is 35.7 Å². The number of pyridine rings is 1. The molecule has 1 N–H and O–H groups in total. The van der Waals surface area contributed by atoms with E-state index in [1.807, 2.05) is 37.4 Å². The number of allylic oxidation sites excluding steroid dienone is 1. The summed E-state index contributed by atoms with van der Waals surface area (Å²) < 4.78 is 32.4. The Hall–Kier alpha value is -4.50. The number of imidazole rings is 1. The van der Waals surface area contributed by atoms with Gasteiger partial charge < -0.3 is 13.9 Å². The maximum absolute atomic E-state index is 14.1. The first-order valence-electron chi connectivity index (χ1n) is 11.8. The minimum absolute atomic E-state index is 0.254. The van der Waals surface area contributed by atoms with Crippen LogP contribution in [0.5, 0.6) is 5.75 Å². The second-order valence-electron chi connectivity index (χ2n) is 8.91. The Morgan fingerprint density at radius 1 is 1.16 bits per heavy atom. The number of halogens is 1. The van der Waals surface area contributed by atoms with Crippen LogP contribution in [0.1, 0.15) is 46.4 Å². The van der Waals surface area contributed by atoms with Gasteiger partial charge in [-0.15, -0.1) is 0 Å². The van der Waals surface area contributed by atoms with Gasteiger partial charge in [-0.05, 0) is 53.5 Å². The molecule has 5 aromatic rings. The number of ether oxygens (including phenoxy) is 2. The van der Waals surface area contributed by atoms with Crippen LogP contribution in [0.3, 0.4) is 0 Å². The van der Waals surface area contributed by atoms with Crippen LogP contribution in [0.25, 0.3) is 16.8 Å². The van der Waals surface area contributed by atoms with Gasteiger partial charge in [-0.1, -0.05) is 29.4 Å². The molecule has 0 amide bonds. The van der Waals surface area contributed by atoms with Gasteiger partial charge >= 0.3 is 5.76 Å². The molecule has 0 bridgehead atoms. The van der Waals surface area contributed by atoms with Gasteiger partial charge in [0.05, 0.1) is 18.0 Å².